The van der Waals surface area contributed by atoms with E-state index in [0.717, 1.165) is 17.8 Å². The van der Waals surface area contributed by atoms with Gasteiger partial charge in [0.25, 0.3) is 0 Å². The van der Waals surface area contributed by atoms with Crippen LogP contribution in [0.25, 0.3) is 0 Å². The Morgan fingerprint density at radius 3 is 2.44 bits per heavy atom. The zero-order chi connectivity index (χ0) is 6.85. The predicted octanol–water partition coefficient (Wildman–Crippen LogP) is 3.10. The van der Waals surface area contributed by atoms with Crippen LogP contribution in [0, 0.1) is 17.8 Å². The summed E-state index contributed by atoms with van der Waals surface area (Å²) in [5.74, 6) is 3.14. The van der Waals surface area contributed by atoms with Crippen LogP contribution in [0.2, 0.25) is 0 Å². The van der Waals surface area contributed by atoms with Gasteiger partial charge >= 0.3 is 0 Å². The summed E-state index contributed by atoms with van der Waals surface area (Å²) in [6, 6.07) is 0. The smallest absolute Gasteiger partial charge is 0.00265 e. The summed E-state index contributed by atoms with van der Waals surface area (Å²) < 4.78 is 1.38. The van der Waals surface area contributed by atoms with Gasteiger partial charge in [0.05, 0.1) is 0 Å². The van der Waals surface area contributed by atoms with E-state index >= 15 is 0 Å². The molecule has 0 aliphatic heterocycles. The first-order valence-electron chi connectivity index (χ1n) is 3.85. The third kappa shape index (κ3) is 1.41. The Labute approximate surface area is 71.5 Å². The Hall–Kier alpha value is 0.730. The maximum atomic E-state index is 2.51. The van der Waals surface area contributed by atoms with Crippen molar-refractivity contribution in [1.29, 1.82) is 0 Å². The molecule has 0 saturated heterocycles. The van der Waals surface area contributed by atoms with Crippen LogP contribution in [0.1, 0.15) is 26.7 Å². The first kappa shape index (κ1) is 7.83. The molecule has 0 heterocycles. The minimum absolute atomic E-state index is 1.02. The fourth-order valence-corrected chi connectivity index (χ4v) is 3.02. The van der Waals surface area contributed by atoms with Crippen molar-refractivity contribution in [2.75, 3.05) is 4.43 Å². The third-order valence-corrected chi connectivity index (χ3v) is 3.81. The summed E-state index contributed by atoms with van der Waals surface area (Å²) in [7, 11) is 0. The molecule has 0 aromatic carbocycles. The van der Waals surface area contributed by atoms with Crippen LogP contribution in [0.3, 0.4) is 0 Å². The second-order valence-electron chi connectivity index (χ2n) is 3.20. The molecule has 0 bridgehead atoms. The van der Waals surface area contributed by atoms with Crippen LogP contribution < -0.4 is 0 Å². The molecule has 0 spiro atoms. The average Bonchev–Trinajstić information content (AvgIpc) is 1.83. The molecule has 1 rings (SSSR count). The van der Waals surface area contributed by atoms with Gasteiger partial charge in [-0.2, -0.15) is 0 Å². The van der Waals surface area contributed by atoms with E-state index < -0.39 is 0 Å². The molecule has 3 atom stereocenters. The van der Waals surface area contributed by atoms with Gasteiger partial charge in [-0.3, -0.25) is 0 Å². The van der Waals surface area contributed by atoms with Crippen molar-refractivity contribution >= 4 is 22.6 Å². The Bertz CT molecular complexity index is 90.6. The second kappa shape index (κ2) is 3.22. The van der Waals surface area contributed by atoms with E-state index in [2.05, 4.69) is 36.4 Å². The maximum absolute atomic E-state index is 2.51. The van der Waals surface area contributed by atoms with Gasteiger partial charge in [0.1, 0.15) is 0 Å². The van der Waals surface area contributed by atoms with Gasteiger partial charge in [-0.25, -0.2) is 0 Å². The summed E-state index contributed by atoms with van der Waals surface area (Å²) >= 11 is 2.51. The zero-order valence-electron chi connectivity index (χ0n) is 6.23. The van der Waals surface area contributed by atoms with Gasteiger partial charge < -0.3 is 0 Å². The molecule has 0 aromatic heterocycles. The summed E-state index contributed by atoms with van der Waals surface area (Å²) in [5, 5.41) is 0. The molecule has 1 aliphatic rings. The maximum Gasteiger partial charge on any atom is 0.00265 e. The van der Waals surface area contributed by atoms with Gasteiger partial charge in [0, 0.05) is 4.43 Å². The molecule has 0 radical (unpaired) electrons. The molecule has 0 amide bonds. The van der Waals surface area contributed by atoms with Gasteiger partial charge in [0.2, 0.25) is 0 Å². The molecular weight excluding hydrogens is 223 g/mol. The van der Waals surface area contributed by atoms with E-state index in [1.807, 2.05) is 0 Å². The van der Waals surface area contributed by atoms with E-state index in [-0.39, 0.29) is 0 Å². The third-order valence-electron chi connectivity index (χ3n) is 2.68. The van der Waals surface area contributed by atoms with Crippen molar-refractivity contribution < 1.29 is 0 Å². The van der Waals surface area contributed by atoms with Crippen molar-refractivity contribution in [3.63, 3.8) is 0 Å². The molecule has 1 aliphatic carbocycles. The highest BCUT2D eigenvalue weighted by molar-refractivity contribution is 14.1. The van der Waals surface area contributed by atoms with E-state index in [1.54, 1.807) is 0 Å². The Balaban J connectivity index is 2.29. The second-order valence-corrected chi connectivity index (χ2v) is 4.08. The lowest BCUT2D eigenvalue weighted by molar-refractivity contribution is 0.104. The van der Waals surface area contributed by atoms with Crippen LogP contribution in [-0.4, -0.2) is 4.43 Å². The molecule has 0 N–H and O–H groups in total. The van der Waals surface area contributed by atoms with Gasteiger partial charge in [0.15, 0.2) is 0 Å². The molecule has 1 saturated carbocycles. The molecule has 0 nitrogen and oxygen atoms in total. The summed E-state index contributed by atoms with van der Waals surface area (Å²) in [6.07, 6.45) is 2.89. The fourth-order valence-electron chi connectivity index (χ4n) is 2.01. The van der Waals surface area contributed by atoms with Crippen molar-refractivity contribution in [3.05, 3.63) is 0 Å². The summed E-state index contributed by atoms with van der Waals surface area (Å²) in [4.78, 5) is 0. The van der Waals surface area contributed by atoms with E-state index in [1.165, 1.54) is 17.3 Å². The Morgan fingerprint density at radius 1 is 1.56 bits per heavy atom. The van der Waals surface area contributed by atoms with Crippen LogP contribution in [0.4, 0.5) is 0 Å². The van der Waals surface area contributed by atoms with Crippen molar-refractivity contribution in [1.82, 2.24) is 0 Å². The van der Waals surface area contributed by atoms with Gasteiger partial charge in [-0.05, 0) is 24.2 Å². The van der Waals surface area contributed by atoms with Crippen LogP contribution >= 0.6 is 22.6 Å². The quantitative estimate of drug-likeness (QED) is 0.512. The highest BCUT2D eigenvalue weighted by Crippen LogP contribution is 2.42. The van der Waals surface area contributed by atoms with Gasteiger partial charge in [-0.15, -0.1) is 0 Å². The molecule has 0 aromatic rings. The standard InChI is InChI=1S/C8H15I/c1-3-8-6(2)4-7(8)5-9/h6-8H,3-5H2,1-2H3/t6-,7?,8?/m0/s1. The number of hydrogen-bond donors (Lipinski definition) is 0. The van der Waals surface area contributed by atoms with E-state index in [9.17, 15) is 0 Å². The Kier molecular flexibility index (Phi) is 2.80. The van der Waals surface area contributed by atoms with Crippen molar-refractivity contribution in [2.45, 2.75) is 26.7 Å². The van der Waals surface area contributed by atoms with Crippen LogP contribution in [0.15, 0.2) is 0 Å². The first-order valence-corrected chi connectivity index (χ1v) is 5.38. The van der Waals surface area contributed by atoms with Crippen LogP contribution in [0.5, 0.6) is 0 Å². The zero-order valence-corrected chi connectivity index (χ0v) is 8.39. The molecule has 54 valence electrons. The monoisotopic (exact) mass is 238 g/mol. The normalized spacial score (nSPS) is 42.3. The first-order chi connectivity index (χ1) is 4.29. The van der Waals surface area contributed by atoms with Crippen molar-refractivity contribution in [3.8, 4) is 0 Å². The lowest BCUT2D eigenvalue weighted by atomic mass is 9.65. The minimum Gasteiger partial charge on any atom is -0.0861 e. The number of halogens is 1. The number of hydrogen-bond acceptors (Lipinski definition) is 0. The molecule has 1 heteroatoms. The molecule has 2 unspecified atom stereocenters. The van der Waals surface area contributed by atoms with E-state index in [4.69, 9.17) is 0 Å². The highest BCUT2D eigenvalue weighted by atomic mass is 127. The lowest BCUT2D eigenvalue weighted by Crippen LogP contribution is -2.35. The summed E-state index contributed by atoms with van der Waals surface area (Å²) in [6.45, 7) is 4.70. The largest absolute Gasteiger partial charge is 0.0861 e. The lowest BCUT2D eigenvalue weighted by Gasteiger charge is -2.41. The fraction of sp³-hybridized carbons (Fsp3) is 1.00. The van der Waals surface area contributed by atoms with E-state index in [0.29, 0.717) is 0 Å². The Morgan fingerprint density at radius 2 is 2.22 bits per heavy atom. The number of alkyl halides is 1. The van der Waals surface area contributed by atoms with Crippen molar-refractivity contribution in [2.24, 2.45) is 17.8 Å². The minimum atomic E-state index is 1.02. The highest BCUT2D eigenvalue weighted by Gasteiger charge is 2.34. The molecule has 9 heavy (non-hydrogen) atoms. The summed E-state index contributed by atoms with van der Waals surface area (Å²) in [5.41, 5.74) is 0. The SMILES string of the molecule is CCC1C(CI)C[C@@H]1C. The number of rotatable bonds is 2. The average molecular weight is 238 g/mol. The van der Waals surface area contributed by atoms with Crippen LogP contribution in [-0.2, 0) is 0 Å². The predicted molar refractivity (Wildman–Crippen MR) is 49.9 cm³/mol. The molecular formula is C8H15I. The van der Waals surface area contributed by atoms with Gasteiger partial charge in [-0.1, -0.05) is 42.9 Å². The molecule has 1 fully saturated rings. The topological polar surface area (TPSA) is 0 Å².